The molecule has 1 saturated heterocycles. The van der Waals surface area contributed by atoms with E-state index >= 15 is 0 Å². The molecule has 2 fully saturated rings. The van der Waals surface area contributed by atoms with E-state index < -0.39 is 0 Å². The van der Waals surface area contributed by atoms with Gasteiger partial charge in [-0.3, -0.25) is 0 Å². The summed E-state index contributed by atoms with van der Waals surface area (Å²) in [7, 11) is 2.27. The molecule has 0 spiro atoms. The van der Waals surface area contributed by atoms with Gasteiger partial charge in [-0.25, -0.2) is 0 Å². The Labute approximate surface area is 114 Å². The predicted octanol–water partition coefficient (Wildman–Crippen LogP) is 3.13. The summed E-state index contributed by atoms with van der Waals surface area (Å²) in [5.74, 6) is 2.62. The molecule has 0 aromatic carbocycles. The van der Waals surface area contributed by atoms with Crippen LogP contribution in [0.15, 0.2) is 0 Å². The Morgan fingerprint density at radius 1 is 0.889 bits per heavy atom. The van der Waals surface area contributed by atoms with Crippen molar-refractivity contribution in [2.24, 2.45) is 17.8 Å². The third kappa shape index (κ3) is 3.27. The van der Waals surface area contributed by atoms with Crippen molar-refractivity contribution < 1.29 is 0 Å². The second-order valence-corrected chi connectivity index (χ2v) is 7.24. The molecule has 0 aromatic heterocycles. The average molecular weight is 252 g/mol. The first-order chi connectivity index (χ1) is 8.47. The largest absolute Gasteiger partial charge is 0.311 e. The molecule has 0 amide bonds. The molecule has 1 aliphatic carbocycles. The van der Waals surface area contributed by atoms with Crippen LogP contribution >= 0.6 is 0 Å². The van der Waals surface area contributed by atoms with Crippen molar-refractivity contribution in [2.45, 2.75) is 71.5 Å². The van der Waals surface area contributed by atoms with E-state index in [1.807, 2.05) is 0 Å². The van der Waals surface area contributed by atoms with Gasteiger partial charge in [0.05, 0.1) is 0 Å². The van der Waals surface area contributed by atoms with Crippen LogP contribution in [0.25, 0.3) is 0 Å². The summed E-state index contributed by atoms with van der Waals surface area (Å²) in [6.45, 7) is 10.9. The molecule has 0 aromatic rings. The second kappa shape index (κ2) is 5.92. The minimum Gasteiger partial charge on any atom is -0.311 e. The Bertz CT molecular complexity index is 266. The highest BCUT2D eigenvalue weighted by molar-refractivity contribution is 4.90. The first kappa shape index (κ1) is 14.3. The number of hydrogen-bond donors (Lipinski definition) is 1. The van der Waals surface area contributed by atoms with Crippen LogP contribution in [0.2, 0.25) is 0 Å². The summed E-state index contributed by atoms with van der Waals surface area (Å²) in [6.07, 6.45) is 5.50. The third-order valence-corrected chi connectivity index (χ3v) is 5.66. The summed E-state index contributed by atoms with van der Waals surface area (Å²) >= 11 is 0. The first-order valence-corrected chi connectivity index (χ1v) is 7.93. The number of hydrogen-bond acceptors (Lipinski definition) is 2. The molecule has 106 valence electrons. The van der Waals surface area contributed by atoms with Crippen LogP contribution in [0.4, 0.5) is 0 Å². The quantitative estimate of drug-likeness (QED) is 0.812. The van der Waals surface area contributed by atoms with Crippen LogP contribution < -0.4 is 5.32 Å². The van der Waals surface area contributed by atoms with Gasteiger partial charge < -0.3 is 10.2 Å². The van der Waals surface area contributed by atoms with Crippen LogP contribution in [0.3, 0.4) is 0 Å². The van der Waals surface area contributed by atoms with Gasteiger partial charge in [0.1, 0.15) is 0 Å². The molecule has 0 radical (unpaired) electrons. The van der Waals surface area contributed by atoms with E-state index in [0.29, 0.717) is 0 Å². The molecule has 2 rings (SSSR count). The highest BCUT2D eigenvalue weighted by atomic mass is 15.2. The lowest BCUT2D eigenvalue weighted by Crippen LogP contribution is -2.54. The Hall–Kier alpha value is -0.0800. The zero-order valence-corrected chi connectivity index (χ0v) is 12.9. The minimum absolute atomic E-state index is 0.735. The highest BCUT2D eigenvalue weighted by Crippen LogP contribution is 2.31. The fraction of sp³-hybridized carbons (Fsp3) is 1.00. The van der Waals surface area contributed by atoms with Gasteiger partial charge in [-0.05, 0) is 57.4 Å². The fourth-order valence-electron chi connectivity index (χ4n) is 3.78. The molecule has 2 aliphatic rings. The van der Waals surface area contributed by atoms with Crippen molar-refractivity contribution in [1.82, 2.24) is 10.2 Å². The van der Waals surface area contributed by atoms with E-state index in [2.05, 4.69) is 45.0 Å². The number of piperidine rings is 1. The SMILES string of the molecule is CC1CCC(NC2CC(C)N(C)CC2C)CC1C. The molecule has 1 heterocycles. The number of rotatable bonds is 2. The van der Waals surface area contributed by atoms with Crippen LogP contribution in [0.5, 0.6) is 0 Å². The summed E-state index contributed by atoms with van der Waals surface area (Å²) in [4.78, 5) is 2.51. The van der Waals surface area contributed by atoms with Crippen LogP contribution in [-0.2, 0) is 0 Å². The zero-order valence-electron chi connectivity index (χ0n) is 12.9. The molecular weight excluding hydrogens is 220 g/mol. The van der Waals surface area contributed by atoms with E-state index in [4.69, 9.17) is 0 Å². The standard InChI is InChI=1S/C16H32N2/c1-11-6-7-15(8-12(11)2)17-16-9-14(4)18(5)10-13(16)3/h11-17H,6-10H2,1-5H3. The number of likely N-dealkylation sites (tertiary alicyclic amines) is 1. The van der Waals surface area contributed by atoms with E-state index in [9.17, 15) is 0 Å². The maximum Gasteiger partial charge on any atom is 0.0122 e. The van der Waals surface area contributed by atoms with Crippen molar-refractivity contribution >= 4 is 0 Å². The first-order valence-electron chi connectivity index (χ1n) is 7.93. The van der Waals surface area contributed by atoms with Crippen molar-refractivity contribution in [3.8, 4) is 0 Å². The Morgan fingerprint density at radius 3 is 2.28 bits per heavy atom. The van der Waals surface area contributed by atoms with E-state index in [-0.39, 0.29) is 0 Å². The Kier molecular flexibility index (Phi) is 4.71. The van der Waals surface area contributed by atoms with Gasteiger partial charge in [-0.15, -0.1) is 0 Å². The van der Waals surface area contributed by atoms with Gasteiger partial charge in [-0.1, -0.05) is 20.8 Å². The van der Waals surface area contributed by atoms with Crippen molar-refractivity contribution in [3.05, 3.63) is 0 Å². The number of nitrogens with zero attached hydrogens (tertiary/aromatic N) is 1. The lowest BCUT2D eigenvalue weighted by Gasteiger charge is -2.43. The molecule has 6 unspecified atom stereocenters. The van der Waals surface area contributed by atoms with Gasteiger partial charge >= 0.3 is 0 Å². The fourth-order valence-corrected chi connectivity index (χ4v) is 3.78. The van der Waals surface area contributed by atoms with Gasteiger partial charge in [0.15, 0.2) is 0 Å². The summed E-state index contributed by atoms with van der Waals surface area (Å²) < 4.78 is 0. The second-order valence-electron chi connectivity index (χ2n) is 7.24. The van der Waals surface area contributed by atoms with Crippen LogP contribution in [0, 0.1) is 17.8 Å². The molecule has 2 heteroatoms. The lowest BCUT2D eigenvalue weighted by molar-refractivity contribution is 0.104. The Morgan fingerprint density at radius 2 is 1.61 bits per heavy atom. The maximum atomic E-state index is 3.98. The van der Waals surface area contributed by atoms with E-state index in [0.717, 1.165) is 35.9 Å². The van der Waals surface area contributed by atoms with Gasteiger partial charge in [-0.2, -0.15) is 0 Å². The van der Waals surface area contributed by atoms with Gasteiger partial charge in [0.2, 0.25) is 0 Å². The maximum absolute atomic E-state index is 3.98. The topological polar surface area (TPSA) is 15.3 Å². The molecule has 0 bridgehead atoms. The van der Waals surface area contributed by atoms with Crippen molar-refractivity contribution in [2.75, 3.05) is 13.6 Å². The molecular formula is C16H32N2. The summed E-state index contributed by atoms with van der Waals surface area (Å²) in [5.41, 5.74) is 0. The van der Waals surface area contributed by atoms with Crippen molar-refractivity contribution in [1.29, 1.82) is 0 Å². The smallest absolute Gasteiger partial charge is 0.0122 e. The molecule has 6 atom stereocenters. The average Bonchev–Trinajstić information content (AvgIpc) is 2.31. The third-order valence-electron chi connectivity index (χ3n) is 5.66. The van der Waals surface area contributed by atoms with Gasteiger partial charge in [0, 0.05) is 24.7 Å². The van der Waals surface area contributed by atoms with Crippen molar-refractivity contribution in [3.63, 3.8) is 0 Å². The number of nitrogens with one attached hydrogen (secondary N) is 1. The summed E-state index contributed by atoms with van der Waals surface area (Å²) in [5, 5.41) is 3.98. The van der Waals surface area contributed by atoms with Crippen LogP contribution in [-0.4, -0.2) is 36.6 Å². The van der Waals surface area contributed by atoms with Gasteiger partial charge in [0.25, 0.3) is 0 Å². The lowest BCUT2D eigenvalue weighted by atomic mass is 9.78. The summed E-state index contributed by atoms with van der Waals surface area (Å²) in [6, 6.07) is 2.25. The predicted molar refractivity (Wildman–Crippen MR) is 78.8 cm³/mol. The normalized spacial score (nSPS) is 47.2. The highest BCUT2D eigenvalue weighted by Gasteiger charge is 2.32. The molecule has 1 N–H and O–H groups in total. The molecule has 18 heavy (non-hydrogen) atoms. The monoisotopic (exact) mass is 252 g/mol. The zero-order chi connectivity index (χ0) is 13.3. The Balaban J connectivity index is 1.85. The minimum atomic E-state index is 0.735. The van der Waals surface area contributed by atoms with Crippen LogP contribution in [0.1, 0.15) is 53.4 Å². The molecule has 1 saturated carbocycles. The molecule has 1 aliphatic heterocycles. The molecule has 2 nitrogen and oxygen atoms in total. The van der Waals surface area contributed by atoms with E-state index in [1.54, 1.807) is 0 Å². The van der Waals surface area contributed by atoms with E-state index in [1.165, 1.54) is 32.2 Å².